The summed E-state index contributed by atoms with van der Waals surface area (Å²) in [6, 6.07) is 15.1. The van der Waals surface area contributed by atoms with Crippen molar-refractivity contribution in [1.82, 2.24) is 0 Å². The number of benzene rings is 2. The van der Waals surface area contributed by atoms with Crippen LogP contribution in [0.25, 0.3) is 0 Å². The van der Waals surface area contributed by atoms with E-state index in [2.05, 4.69) is 39.0 Å². The number of nitrogens with zero attached hydrogens (tertiary/aromatic N) is 1. The van der Waals surface area contributed by atoms with E-state index in [1.165, 1.54) is 19.6 Å². The fourth-order valence-electron chi connectivity index (χ4n) is 3.33. The molecule has 0 unspecified atom stereocenters. The zero-order valence-electron chi connectivity index (χ0n) is 15.8. The van der Waals surface area contributed by atoms with Crippen molar-refractivity contribution < 1.29 is 9.53 Å². The Morgan fingerprint density at radius 3 is 2.19 bits per heavy atom. The lowest BCUT2D eigenvalue weighted by Gasteiger charge is -2.04. The molecule has 3 rings (SSSR count). The second-order valence-corrected chi connectivity index (χ2v) is 7.66. The Kier molecular flexibility index (Phi) is 6.10. The lowest BCUT2D eigenvalue weighted by molar-refractivity contribution is 0.101. The number of ether oxygens (including phenoxy) is 1. The highest BCUT2D eigenvalue weighted by Crippen LogP contribution is 2.63. The lowest BCUT2D eigenvalue weighted by atomic mass is 10.0. The first-order valence-electron chi connectivity index (χ1n) is 8.57. The number of carbonyl (C=O) groups is 1. The van der Waals surface area contributed by atoms with Crippen LogP contribution < -0.4 is 4.74 Å². The molecule has 0 aliphatic heterocycles. The number of rotatable bonds is 3. The molecule has 136 valence electrons. The van der Waals surface area contributed by atoms with Crippen molar-refractivity contribution in [2.45, 2.75) is 33.6 Å². The molecule has 1 fully saturated rings. The second kappa shape index (κ2) is 7.93. The summed E-state index contributed by atoms with van der Waals surface area (Å²) in [6.45, 7) is 8.39. The standard InChI is InChI=1S/C13H15N.C9H9ClO2/c1-9-12(13(9,2)3)11-6-4-10(8-14)5-7-11;1-6(11)8-5-7(10)3-4-9(8)12-2/h4-7,9,12H,1-3H3;3-5H,1-2H3/t9-,12+;/m0./s1. The number of nitriles is 1. The Morgan fingerprint density at radius 2 is 1.77 bits per heavy atom. The maximum atomic E-state index is 11.0. The molecule has 4 heteroatoms. The lowest BCUT2D eigenvalue weighted by Crippen LogP contribution is -1.96. The summed E-state index contributed by atoms with van der Waals surface area (Å²) in [7, 11) is 1.52. The van der Waals surface area contributed by atoms with Crippen LogP contribution in [0.3, 0.4) is 0 Å². The maximum Gasteiger partial charge on any atom is 0.163 e. The molecule has 0 heterocycles. The predicted octanol–water partition coefficient (Wildman–Crippen LogP) is 5.87. The van der Waals surface area contributed by atoms with E-state index in [1.54, 1.807) is 18.2 Å². The molecule has 2 aromatic rings. The third-order valence-corrected chi connectivity index (χ3v) is 5.54. The number of Topliss-reactive ketones (excluding diaryl/α,β-unsaturated/α-hetero) is 1. The Morgan fingerprint density at radius 1 is 1.19 bits per heavy atom. The molecule has 0 N–H and O–H groups in total. The van der Waals surface area contributed by atoms with Gasteiger partial charge in [-0.1, -0.05) is 44.5 Å². The highest BCUT2D eigenvalue weighted by atomic mass is 35.5. The fraction of sp³-hybridized carbons (Fsp3) is 0.364. The van der Waals surface area contributed by atoms with Crippen molar-refractivity contribution in [2.75, 3.05) is 7.11 Å². The predicted molar refractivity (Wildman–Crippen MR) is 105 cm³/mol. The second-order valence-electron chi connectivity index (χ2n) is 7.22. The fourth-order valence-corrected chi connectivity index (χ4v) is 3.50. The quantitative estimate of drug-likeness (QED) is 0.636. The van der Waals surface area contributed by atoms with Crippen LogP contribution in [-0.4, -0.2) is 12.9 Å². The van der Waals surface area contributed by atoms with Crippen LogP contribution in [0.5, 0.6) is 5.75 Å². The van der Waals surface area contributed by atoms with Gasteiger partial charge in [-0.2, -0.15) is 5.26 Å². The molecule has 1 aliphatic rings. The van der Waals surface area contributed by atoms with E-state index < -0.39 is 0 Å². The topological polar surface area (TPSA) is 50.1 Å². The van der Waals surface area contributed by atoms with Crippen LogP contribution in [0.4, 0.5) is 0 Å². The van der Waals surface area contributed by atoms with Crippen LogP contribution >= 0.6 is 11.6 Å². The van der Waals surface area contributed by atoms with Gasteiger partial charge in [0.1, 0.15) is 5.75 Å². The highest BCUT2D eigenvalue weighted by Gasteiger charge is 2.54. The summed E-state index contributed by atoms with van der Waals surface area (Å²) < 4.78 is 4.98. The zero-order valence-corrected chi connectivity index (χ0v) is 16.6. The van der Waals surface area contributed by atoms with Gasteiger partial charge in [-0.05, 0) is 60.1 Å². The van der Waals surface area contributed by atoms with E-state index >= 15 is 0 Å². The van der Waals surface area contributed by atoms with Gasteiger partial charge in [0.05, 0.1) is 24.3 Å². The van der Waals surface area contributed by atoms with Crippen LogP contribution in [-0.2, 0) is 0 Å². The van der Waals surface area contributed by atoms with Gasteiger partial charge < -0.3 is 4.74 Å². The number of halogens is 1. The molecule has 0 spiro atoms. The molecule has 0 aromatic heterocycles. The van der Waals surface area contributed by atoms with E-state index in [0.717, 1.165) is 11.5 Å². The SMILES string of the molecule is COc1ccc(Cl)cc1C(C)=O.C[C@H]1[C@H](c2ccc(C#N)cc2)C1(C)C. The molecule has 0 amide bonds. The van der Waals surface area contributed by atoms with Crippen molar-refractivity contribution in [3.05, 3.63) is 64.2 Å². The molecule has 0 bridgehead atoms. The number of methoxy groups -OCH3 is 1. The van der Waals surface area contributed by atoms with Crippen molar-refractivity contribution in [2.24, 2.45) is 11.3 Å². The summed E-state index contributed by atoms with van der Waals surface area (Å²) in [5.74, 6) is 1.95. The van der Waals surface area contributed by atoms with E-state index in [9.17, 15) is 4.79 Å². The average molecular weight is 370 g/mol. The van der Waals surface area contributed by atoms with Crippen LogP contribution in [0, 0.1) is 22.7 Å². The number of hydrogen-bond donors (Lipinski definition) is 0. The smallest absolute Gasteiger partial charge is 0.163 e. The van der Waals surface area contributed by atoms with Crippen molar-refractivity contribution in [1.29, 1.82) is 5.26 Å². The van der Waals surface area contributed by atoms with Crippen LogP contribution in [0.1, 0.15) is 55.1 Å². The van der Waals surface area contributed by atoms with Gasteiger partial charge in [0, 0.05) is 5.02 Å². The average Bonchev–Trinajstić information content (AvgIpc) is 3.13. The first kappa shape index (κ1) is 20.0. The third kappa shape index (κ3) is 4.26. The summed E-state index contributed by atoms with van der Waals surface area (Å²) in [5.41, 5.74) is 3.08. The molecule has 3 nitrogen and oxygen atoms in total. The van der Waals surface area contributed by atoms with Crippen LogP contribution in [0.15, 0.2) is 42.5 Å². The largest absolute Gasteiger partial charge is 0.496 e. The molecule has 26 heavy (non-hydrogen) atoms. The monoisotopic (exact) mass is 369 g/mol. The minimum absolute atomic E-state index is 0.0469. The molecule has 0 radical (unpaired) electrons. The number of carbonyl (C=O) groups excluding carboxylic acids is 1. The highest BCUT2D eigenvalue weighted by molar-refractivity contribution is 6.31. The van der Waals surface area contributed by atoms with Gasteiger partial charge in [-0.25, -0.2) is 0 Å². The summed E-state index contributed by atoms with van der Waals surface area (Å²) in [5, 5.41) is 9.23. The first-order valence-corrected chi connectivity index (χ1v) is 8.94. The Balaban J connectivity index is 0.000000190. The molecule has 2 atom stereocenters. The van der Waals surface area contributed by atoms with Gasteiger partial charge in [0.25, 0.3) is 0 Å². The summed E-state index contributed by atoms with van der Waals surface area (Å²) >= 11 is 5.71. The molecule has 0 saturated heterocycles. The zero-order chi connectivity index (χ0) is 19.5. The van der Waals surface area contributed by atoms with Gasteiger partial charge in [-0.3, -0.25) is 4.79 Å². The maximum absolute atomic E-state index is 11.0. The first-order chi connectivity index (χ1) is 12.2. The molecule has 1 saturated carbocycles. The van der Waals surface area contributed by atoms with Gasteiger partial charge in [-0.15, -0.1) is 0 Å². The third-order valence-electron chi connectivity index (χ3n) is 5.31. The minimum Gasteiger partial charge on any atom is -0.496 e. The summed E-state index contributed by atoms with van der Waals surface area (Å²) in [6.07, 6.45) is 0. The Bertz CT molecular complexity index is 834. The van der Waals surface area contributed by atoms with E-state index in [0.29, 0.717) is 27.7 Å². The number of hydrogen-bond acceptors (Lipinski definition) is 3. The van der Waals surface area contributed by atoms with Crippen LogP contribution in [0.2, 0.25) is 5.02 Å². The van der Waals surface area contributed by atoms with Gasteiger partial charge in [0.2, 0.25) is 0 Å². The van der Waals surface area contributed by atoms with Crippen molar-refractivity contribution in [3.8, 4) is 11.8 Å². The molecule has 2 aromatic carbocycles. The number of ketones is 1. The normalized spacial score (nSPS) is 19.6. The molecular formula is C22H24ClNO2. The van der Waals surface area contributed by atoms with E-state index in [1.807, 2.05) is 12.1 Å². The molecule has 1 aliphatic carbocycles. The van der Waals surface area contributed by atoms with Crippen molar-refractivity contribution in [3.63, 3.8) is 0 Å². The van der Waals surface area contributed by atoms with E-state index in [-0.39, 0.29) is 5.78 Å². The molecular weight excluding hydrogens is 346 g/mol. The Labute approximate surface area is 160 Å². The van der Waals surface area contributed by atoms with E-state index in [4.69, 9.17) is 21.6 Å². The van der Waals surface area contributed by atoms with Crippen molar-refractivity contribution >= 4 is 17.4 Å². The minimum atomic E-state index is -0.0469. The Hall–Kier alpha value is -2.31. The van der Waals surface area contributed by atoms with Gasteiger partial charge >= 0.3 is 0 Å². The summed E-state index contributed by atoms with van der Waals surface area (Å²) in [4.78, 5) is 11.0. The van der Waals surface area contributed by atoms with Gasteiger partial charge in [0.15, 0.2) is 5.78 Å².